The minimum Gasteiger partial charge on any atom is -0.393 e. The first-order valence-electron chi connectivity index (χ1n) is 8.33. The fourth-order valence-electron chi connectivity index (χ4n) is 2.66. The Bertz CT molecular complexity index is 858. The standard InChI is InChI=1S/C19H22N4O2/c1-14(24)8-9-22(2)19(25)17-10-16-12-21-23(18(16)20-11-17)13-15-6-4-3-5-7-15/h3-7,10-12,14,24H,8-9,13H2,1-2H3. The van der Waals surface area contributed by atoms with Gasteiger partial charge in [0.1, 0.15) is 0 Å². The number of fused-ring (bicyclic) bond motifs is 1. The Labute approximate surface area is 146 Å². The molecule has 0 aliphatic heterocycles. The van der Waals surface area contributed by atoms with Crippen LogP contribution in [-0.4, -0.2) is 50.4 Å². The maximum absolute atomic E-state index is 12.5. The second kappa shape index (κ2) is 7.44. The lowest BCUT2D eigenvalue weighted by atomic mass is 10.2. The highest BCUT2D eigenvalue weighted by Gasteiger charge is 2.15. The van der Waals surface area contributed by atoms with Gasteiger partial charge in [-0.15, -0.1) is 0 Å². The van der Waals surface area contributed by atoms with Gasteiger partial charge in [-0.05, 0) is 25.0 Å². The Morgan fingerprint density at radius 3 is 2.76 bits per heavy atom. The van der Waals surface area contributed by atoms with Crippen LogP contribution >= 0.6 is 0 Å². The maximum atomic E-state index is 12.5. The molecule has 3 aromatic rings. The highest BCUT2D eigenvalue weighted by Crippen LogP contribution is 2.16. The number of carbonyl (C=O) groups is 1. The molecule has 1 amide bonds. The SMILES string of the molecule is CC(O)CCN(C)C(=O)c1cnc2c(cnn2Cc2ccccc2)c1. The average molecular weight is 338 g/mol. The number of carbonyl (C=O) groups excluding carboxylic acids is 1. The van der Waals surface area contributed by atoms with Crippen molar-refractivity contribution in [1.82, 2.24) is 19.7 Å². The topological polar surface area (TPSA) is 71.2 Å². The van der Waals surface area contributed by atoms with E-state index in [0.717, 1.165) is 16.6 Å². The number of pyridine rings is 1. The number of aromatic nitrogens is 3. The summed E-state index contributed by atoms with van der Waals surface area (Å²) in [5, 5.41) is 14.6. The number of amides is 1. The van der Waals surface area contributed by atoms with Gasteiger partial charge in [0.25, 0.3) is 5.91 Å². The van der Waals surface area contributed by atoms with E-state index >= 15 is 0 Å². The number of aliphatic hydroxyl groups is 1. The van der Waals surface area contributed by atoms with Crippen molar-refractivity contribution in [2.24, 2.45) is 0 Å². The molecule has 0 aliphatic rings. The van der Waals surface area contributed by atoms with E-state index in [-0.39, 0.29) is 5.91 Å². The van der Waals surface area contributed by atoms with E-state index < -0.39 is 6.10 Å². The van der Waals surface area contributed by atoms with Gasteiger partial charge in [0.05, 0.1) is 24.4 Å². The third-order valence-electron chi connectivity index (χ3n) is 4.13. The van der Waals surface area contributed by atoms with Crippen molar-refractivity contribution in [3.8, 4) is 0 Å². The quantitative estimate of drug-likeness (QED) is 0.749. The van der Waals surface area contributed by atoms with Crippen molar-refractivity contribution in [2.75, 3.05) is 13.6 Å². The molecule has 25 heavy (non-hydrogen) atoms. The monoisotopic (exact) mass is 338 g/mol. The number of rotatable bonds is 6. The van der Waals surface area contributed by atoms with E-state index in [1.54, 1.807) is 31.3 Å². The van der Waals surface area contributed by atoms with E-state index in [0.29, 0.717) is 25.1 Å². The minimum absolute atomic E-state index is 0.106. The van der Waals surface area contributed by atoms with Crippen molar-refractivity contribution in [3.63, 3.8) is 0 Å². The Hall–Kier alpha value is -2.73. The van der Waals surface area contributed by atoms with E-state index in [1.165, 1.54) is 0 Å². The molecule has 0 aliphatic carbocycles. The Morgan fingerprint density at radius 1 is 1.28 bits per heavy atom. The van der Waals surface area contributed by atoms with E-state index in [2.05, 4.69) is 10.1 Å². The van der Waals surface area contributed by atoms with Crippen LogP contribution in [0.5, 0.6) is 0 Å². The second-order valence-electron chi connectivity index (χ2n) is 6.29. The Balaban J connectivity index is 1.78. The van der Waals surface area contributed by atoms with Gasteiger partial charge in [-0.3, -0.25) is 4.79 Å². The smallest absolute Gasteiger partial charge is 0.255 e. The van der Waals surface area contributed by atoms with Crippen molar-refractivity contribution in [3.05, 3.63) is 59.9 Å². The van der Waals surface area contributed by atoms with Crippen LogP contribution in [-0.2, 0) is 6.54 Å². The zero-order chi connectivity index (χ0) is 17.8. The van der Waals surface area contributed by atoms with Gasteiger partial charge in [0, 0.05) is 25.2 Å². The number of hydrogen-bond donors (Lipinski definition) is 1. The molecule has 1 aromatic carbocycles. The molecular weight excluding hydrogens is 316 g/mol. The normalized spacial score (nSPS) is 12.3. The number of hydrogen-bond acceptors (Lipinski definition) is 4. The van der Waals surface area contributed by atoms with Gasteiger partial charge in [0.15, 0.2) is 5.65 Å². The van der Waals surface area contributed by atoms with Gasteiger partial charge in [0.2, 0.25) is 0 Å². The molecule has 1 atom stereocenters. The molecule has 6 nitrogen and oxygen atoms in total. The first kappa shape index (κ1) is 17.1. The maximum Gasteiger partial charge on any atom is 0.255 e. The molecule has 6 heteroatoms. The lowest BCUT2D eigenvalue weighted by Crippen LogP contribution is -2.29. The molecule has 0 radical (unpaired) electrons. The van der Waals surface area contributed by atoms with Crippen LogP contribution in [0.3, 0.4) is 0 Å². The van der Waals surface area contributed by atoms with E-state index in [1.807, 2.05) is 41.1 Å². The van der Waals surface area contributed by atoms with Crippen molar-refractivity contribution >= 4 is 16.9 Å². The van der Waals surface area contributed by atoms with E-state index in [9.17, 15) is 9.90 Å². The number of aliphatic hydroxyl groups excluding tert-OH is 1. The lowest BCUT2D eigenvalue weighted by Gasteiger charge is -2.17. The highest BCUT2D eigenvalue weighted by molar-refractivity contribution is 5.96. The molecule has 2 heterocycles. The summed E-state index contributed by atoms with van der Waals surface area (Å²) in [7, 11) is 1.73. The molecular formula is C19H22N4O2. The van der Waals surface area contributed by atoms with Gasteiger partial charge in [-0.25, -0.2) is 9.67 Å². The fraction of sp³-hybridized carbons (Fsp3) is 0.316. The first-order valence-corrected chi connectivity index (χ1v) is 8.33. The van der Waals surface area contributed by atoms with Gasteiger partial charge in [-0.1, -0.05) is 30.3 Å². The van der Waals surface area contributed by atoms with Gasteiger partial charge < -0.3 is 10.0 Å². The molecule has 1 unspecified atom stereocenters. The van der Waals surface area contributed by atoms with Gasteiger partial charge in [-0.2, -0.15) is 5.10 Å². The number of nitrogens with zero attached hydrogens (tertiary/aromatic N) is 4. The van der Waals surface area contributed by atoms with Crippen LogP contribution < -0.4 is 0 Å². The molecule has 0 saturated carbocycles. The molecule has 2 aromatic heterocycles. The highest BCUT2D eigenvalue weighted by atomic mass is 16.3. The fourth-order valence-corrected chi connectivity index (χ4v) is 2.66. The summed E-state index contributed by atoms with van der Waals surface area (Å²) >= 11 is 0. The third kappa shape index (κ3) is 4.03. The molecule has 130 valence electrons. The van der Waals surface area contributed by atoms with Gasteiger partial charge >= 0.3 is 0 Å². The Kier molecular flexibility index (Phi) is 5.09. The summed E-state index contributed by atoms with van der Waals surface area (Å²) in [6.07, 6.45) is 3.45. The minimum atomic E-state index is -0.424. The predicted octanol–water partition coefficient (Wildman–Crippen LogP) is 2.32. The van der Waals surface area contributed by atoms with Crippen LogP contribution in [0.1, 0.15) is 29.3 Å². The van der Waals surface area contributed by atoms with Crippen LogP contribution in [0.4, 0.5) is 0 Å². The van der Waals surface area contributed by atoms with Crippen molar-refractivity contribution in [1.29, 1.82) is 0 Å². The first-order chi connectivity index (χ1) is 12.0. The second-order valence-corrected chi connectivity index (χ2v) is 6.29. The summed E-state index contributed by atoms with van der Waals surface area (Å²) in [5.74, 6) is -0.106. The van der Waals surface area contributed by atoms with E-state index in [4.69, 9.17) is 0 Å². The lowest BCUT2D eigenvalue weighted by molar-refractivity contribution is 0.0768. The summed E-state index contributed by atoms with van der Waals surface area (Å²) in [5.41, 5.74) is 2.43. The molecule has 0 fully saturated rings. The zero-order valence-corrected chi connectivity index (χ0v) is 14.5. The van der Waals surface area contributed by atoms with Crippen LogP contribution in [0, 0.1) is 0 Å². The average Bonchev–Trinajstić information content (AvgIpc) is 3.02. The van der Waals surface area contributed by atoms with Crippen molar-refractivity contribution in [2.45, 2.75) is 26.0 Å². The molecule has 0 spiro atoms. The Morgan fingerprint density at radius 2 is 2.04 bits per heavy atom. The van der Waals surface area contributed by atoms with Crippen molar-refractivity contribution < 1.29 is 9.90 Å². The predicted molar refractivity (Wildman–Crippen MR) is 96.3 cm³/mol. The molecule has 1 N–H and O–H groups in total. The molecule has 3 rings (SSSR count). The summed E-state index contributed by atoms with van der Waals surface area (Å²) in [6, 6.07) is 11.9. The molecule has 0 saturated heterocycles. The number of benzene rings is 1. The zero-order valence-electron chi connectivity index (χ0n) is 14.5. The summed E-state index contributed by atoms with van der Waals surface area (Å²) in [6.45, 7) is 2.85. The summed E-state index contributed by atoms with van der Waals surface area (Å²) in [4.78, 5) is 18.5. The largest absolute Gasteiger partial charge is 0.393 e. The molecule has 0 bridgehead atoms. The van der Waals surface area contributed by atoms with Crippen LogP contribution in [0.15, 0.2) is 48.8 Å². The third-order valence-corrected chi connectivity index (χ3v) is 4.13. The van der Waals surface area contributed by atoms with Crippen LogP contribution in [0.2, 0.25) is 0 Å². The summed E-state index contributed by atoms with van der Waals surface area (Å²) < 4.78 is 1.83. The van der Waals surface area contributed by atoms with Crippen LogP contribution in [0.25, 0.3) is 11.0 Å².